The van der Waals surface area contributed by atoms with Crippen LogP contribution in [0.3, 0.4) is 0 Å². The lowest BCUT2D eigenvalue weighted by atomic mass is 9.90. The van der Waals surface area contributed by atoms with Crippen LogP contribution in [0.5, 0.6) is 28.7 Å². The average Bonchev–Trinajstić information content (AvgIpc) is 3.35. The molecule has 0 radical (unpaired) electrons. The Labute approximate surface area is 215 Å². The molecule has 0 fully saturated rings. The highest BCUT2D eigenvalue weighted by Crippen LogP contribution is 2.53. The second-order valence-corrected chi connectivity index (χ2v) is 9.78. The minimum Gasteiger partial charge on any atom is -0.493 e. The summed E-state index contributed by atoms with van der Waals surface area (Å²) in [6.45, 7) is 5.95. The molecule has 3 rings (SSSR count). The average molecular weight is 519 g/mol. The van der Waals surface area contributed by atoms with Crippen molar-refractivity contribution in [2.75, 3.05) is 41.3 Å². The van der Waals surface area contributed by atoms with Crippen molar-refractivity contribution in [3.63, 3.8) is 0 Å². The molecule has 37 heavy (non-hydrogen) atoms. The van der Waals surface area contributed by atoms with Gasteiger partial charge in [-0.3, -0.25) is 9.59 Å². The minimum atomic E-state index is -0.960. The second-order valence-electron chi connectivity index (χ2n) is 9.78. The Bertz CT molecular complexity index is 1190. The molecule has 0 saturated carbocycles. The van der Waals surface area contributed by atoms with Gasteiger partial charge in [0.1, 0.15) is 0 Å². The molecule has 11 nitrogen and oxygen atoms in total. The van der Waals surface area contributed by atoms with Gasteiger partial charge in [-0.1, -0.05) is 0 Å². The Hall–Kier alpha value is -3.70. The Balaban J connectivity index is 2.41. The number of nitrogens with one attached hydrogen (secondary N) is 2. The summed E-state index contributed by atoms with van der Waals surface area (Å²) in [5.41, 5.74) is -1.25. The number of ether oxygens (including phenoxy) is 5. The summed E-state index contributed by atoms with van der Waals surface area (Å²) in [5, 5.41) is 25.0. The zero-order chi connectivity index (χ0) is 27.5. The number of fused-ring (bicyclic) bond motifs is 1. The Kier molecular flexibility index (Phi) is 8.09. The van der Waals surface area contributed by atoms with E-state index in [1.54, 1.807) is 39.8 Å². The predicted octanol–water partition coefficient (Wildman–Crippen LogP) is 2.11. The van der Waals surface area contributed by atoms with Crippen LogP contribution >= 0.6 is 0 Å². The first kappa shape index (κ1) is 27.9. The van der Waals surface area contributed by atoms with E-state index in [1.807, 2.05) is 0 Å². The van der Waals surface area contributed by atoms with E-state index in [2.05, 4.69) is 10.6 Å². The molecule has 0 atom stereocenters. The molecule has 2 aromatic carbocycles. The fourth-order valence-corrected chi connectivity index (χ4v) is 3.82. The molecule has 1 aliphatic rings. The number of rotatable bonds is 10. The summed E-state index contributed by atoms with van der Waals surface area (Å²) in [6.07, 6.45) is 0. The zero-order valence-electron chi connectivity index (χ0n) is 22.1. The smallest absolute Gasteiger partial charge is 0.252 e. The van der Waals surface area contributed by atoms with Gasteiger partial charge in [0.25, 0.3) is 11.8 Å². The van der Waals surface area contributed by atoms with Crippen LogP contribution in [0, 0.1) is 0 Å². The number of carbonyl (C=O) groups excluding carboxylic acids is 2. The first-order valence-corrected chi connectivity index (χ1v) is 11.6. The van der Waals surface area contributed by atoms with Gasteiger partial charge in [0.05, 0.1) is 56.7 Å². The fourth-order valence-electron chi connectivity index (χ4n) is 3.82. The summed E-state index contributed by atoms with van der Waals surface area (Å²) < 4.78 is 28.1. The van der Waals surface area contributed by atoms with Crippen LogP contribution in [0.15, 0.2) is 18.2 Å². The summed E-state index contributed by atoms with van der Waals surface area (Å²) in [7, 11) is 4.24. The van der Waals surface area contributed by atoms with Crippen LogP contribution in [0.2, 0.25) is 0 Å². The van der Waals surface area contributed by atoms with Crippen LogP contribution in [0.4, 0.5) is 0 Å². The monoisotopic (exact) mass is 518 g/mol. The topological polar surface area (TPSA) is 145 Å². The Morgan fingerprint density at radius 2 is 1.41 bits per heavy atom. The molecule has 202 valence electrons. The molecular formula is C26H34N2O9. The van der Waals surface area contributed by atoms with Gasteiger partial charge in [0.15, 0.2) is 23.0 Å². The molecule has 4 N–H and O–H groups in total. The molecule has 1 heterocycles. The molecule has 1 aliphatic heterocycles. The number of carbonyl (C=O) groups is 2. The van der Waals surface area contributed by atoms with Crippen LogP contribution in [0.25, 0.3) is 11.1 Å². The lowest BCUT2D eigenvalue weighted by molar-refractivity contribution is 0.0859. The summed E-state index contributed by atoms with van der Waals surface area (Å²) in [5.74, 6) is 0.0392. The molecule has 0 unspecified atom stereocenters. The summed E-state index contributed by atoms with van der Waals surface area (Å²) >= 11 is 0. The predicted molar refractivity (Wildman–Crippen MR) is 135 cm³/mol. The molecule has 0 spiro atoms. The third kappa shape index (κ3) is 5.52. The molecular weight excluding hydrogens is 484 g/mol. The number of benzene rings is 2. The standard InChI is InChI=1S/C26H34N2O9/c1-25(2,11-29)27-23(31)14-8-9-16-20(37-13-36-16)18(14)19-15(24(32)28-26(3,4)12-30)10-17(33-5)21(34-6)22(19)35-7/h8-10,29-30H,11-13H2,1-7H3,(H,27,31)(H,28,32). The zero-order valence-corrected chi connectivity index (χ0v) is 22.1. The van der Waals surface area contributed by atoms with E-state index in [1.165, 1.54) is 27.4 Å². The van der Waals surface area contributed by atoms with Crippen molar-refractivity contribution in [3.05, 3.63) is 29.3 Å². The van der Waals surface area contributed by atoms with Crippen molar-refractivity contribution in [3.8, 4) is 39.9 Å². The molecule has 11 heteroatoms. The first-order chi connectivity index (χ1) is 17.4. The van der Waals surface area contributed by atoms with E-state index in [0.29, 0.717) is 5.75 Å². The van der Waals surface area contributed by atoms with Crippen LogP contribution in [0.1, 0.15) is 48.4 Å². The lowest BCUT2D eigenvalue weighted by Crippen LogP contribution is -2.46. The van der Waals surface area contributed by atoms with Crippen LogP contribution in [-0.4, -0.2) is 74.4 Å². The van der Waals surface area contributed by atoms with Gasteiger partial charge in [0, 0.05) is 11.1 Å². The van der Waals surface area contributed by atoms with E-state index < -0.39 is 22.9 Å². The van der Waals surface area contributed by atoms with E-state index in [4.69, 9.17) is 23.7 Å². The van der Waals surface area contributed by atoms with Gasteiger partial charge < -0.3 is 44.5 Å². The normalized spacial score (nSPS) is 12.7. The van der Waals surface area contributed by atoms with Crippen molar-refractivity contribution in [2.45, 2.75) is 38.8 Å². The number of amides is 2. The van der Waals surface area contributed by atoms with Crippen molar-refractivity contribution in [1.82, 2.24) is 10.6 Å². The maximum Gasteiger partial charge on any atom is 0.252 e. The van der Waals surface area contributed by atoms with E-state index in [9.17, 15) is 19.8 Å². The Morgan fingerprint density at radius 3 is 1.92 bits per heavy atom. The van der Waals surface area contributed by atoms with Gasteiger partial charge in [-0.15, -0.1) is 0 Å². The Morgan fingerprint density at radius 1 is 0.838 bits per heavy atom. The number of methoxy groups -OCH3 is 3. The molecule has 0 bridgehead atoms. The van der Waals surface area contributed by atoms with Gasteiger partial charge in [0.2, 0.25) is 12.5 Å². The molecule has 0 aliphatic carbocycles. The maximum absolute atomic E-state index is 13.6. The van der Waals surface area contributed by atoms with E-state index in [0.717, 1.165) is 0 Å². The van der Waals surface area contributed by atoms with Crippen molar-refractivity contribution in [1.29, 1.82) is 0 Å². The molecule has 0 saturated heterocycles. The highest BCUT2D eigenvalue weighted by molar-refractivity contribution is 6.10. The second kappa shape index (κ2) is 10.7. The van der Waals surface area contributed by atoms with Gasteiger partial charge in [-0.25, -0.2) is 0 Å². The van der Waals surface area contributed by atoms with Gasteiger partial charge >= 0.3 is 0 Å². The van der Waals surface area contributed by atoms with Crippen LogP contribution in [-0.2, 0) is 0 Å². The third-order valence-corrected chi connectivity index (χ3v) is 5.80. The fraction of sp³-hybridized carbons (Fsp3) is 0.462. The minimum absolute atomic E-state index is 0.0791. The largest absolute Gasteiger partial charge is 0.493 e. The van der Waals surface area contributed by atoms with Crippen molar-refractivity contribution < 1.29 is 43.5 Å². The summed E-state index contributed by atoms with van der Waals surface area (Å²) in [6, 6.07) is 4.60. The van der Waals surface area contributed by atoms with Crippen molar-refractivity contribution >= 4 is 11.8 Å². The highest BCUT2D eigenvalue weighted by atomic mass is 16.7. The lowest BCUT2D eigenvalue weighted by Gasteiger charge is -2.27. The van der Waals surface area contributed by atoms with E-state index in [-0.39, 0.29) is 65.3 Å². The number of aliphatic hydroxyl groups is 2. The first-order valence-electron chi connectivity index (χ1n) is 11.6. The van der Waals surface area contributed by atoms with Crippen molar-refractivity contribution in [2.24, 2.45) is 0 Å². The van der Waals surface area contributed by atoms with E-state index >= 15 is 0 Å². The number of aliphatic hydroxyl groups excluding tert-OH is 2. The quantitative estimate of drug-likeness (QED) is 0.372. The SMILES string of the molecule is COc1cc(C(=O)NC(C)(C)CO)c(-c2c(C(=O)NC(C)(C)CO)ccc3c2OCO3)c(OC)c1OC. The number of hydrogen-bond donors (Lipinski definition) is 4. The van der Waals surface area contributed by atoms with Gasteiger partial charge in [-0.2, -0.15) is 0 Å². The maximum atomic E-state index is 13.6. The number of hydrogen-bond acceptors (Lipinski definition) is 9. The summed E-state index contributed by atoms with van der Waals surface area (Å²) in [4.78, 5) is 27.1. The highest BCUT2D eigenvalue weighted by Gasteiger charge is 2.35. The van der Waals surface area contributed by atoms with Gasteiger partial charge in [-0.05, 0) is 45.9 Å². The molecule has 0 aromatic heterocycles. The van der Waals surface area contributed by atoms with Crippen LogP contribution < -0.4 is 34.3 Å². The third-order valence-electron chi connectivity index (χ3n) is 5.80. The molecule has 2 aromatic rings. The molecule has 2 amide bonds.